The van der Waals surface area contributed by atoms with E-state index in [1.807, 2.05) is 0 Å². The molecule has 0 aromatic rings. The zero-order valence-corrected chi connectivity index (χ0v) is 6.18. The van der Waals surface area contributed by atoms with Crippen molar-refractivity contribution in [3.8, 4) is 0 Å². The fourth-order valence-electron chi connectivity index (χ4n) is 0.996. The van der Waals surface area contributed by atoms with Gasteiger partial charge in [0.05, 0.1) is 0 Å². The van der Waals surface area contributed by atoms with E-state index in [2.05, 4.69) is 10.7 Å². The quantitative estimate of drug-likeness (QED) is 0.498. The highest BCUT2D eigenvalue weighted by Gasteiger charge is 2.13. The van der Waals surface area contributed by atoms with Gasteiger partial charge < -0.3 is 5.32 Å². The molecule has 0 aromatic carbocycles. The molecular weight excluding hydrogens is 130 g/mol. The van der Waals surface area contributed by atoms with E-state index in [0.717, 1.165) is 25.9 Å². The van der Waals surface area contributed by atoms with Crippen molar-refractivity contribution < 1.29 is 4.79 Å². The van der Waals surface area contributed by atoms with Crippen LogP contribution in [0, 0.1) is 0 Å². The molecule has 1 heterocycles. The molecule has 1 saturated heterocycles. The minimum absolute atomic E-state index is 0.0419. The summed E-state index contributed by atoms with van der Waals surface area (Å²) < 4.78 is 0. The lowest BCUT2D eigenvalue weighted by Gasteiger charge is -2.26. The molecule has 2 amide bonds. The molecule has 0 atom stereocenters. The summed E-state index contributed by atoms with van der Waals surface area (Å²) in [4.78, 5) is 10.9. The van der Waals surface area contributed by atoms with Gasteiger partial charge in [-0.2, -0.15) is 0 Å². The largest absolute Gasteiger partial charge is 0.340 e. The molecule has 1 aliphatic heterocycles. The lowest BCUT2D eigenvalue weighted by atomic mass is 10.3. The second kappa shape index (κ2) is 3.41. The fourth-order valence-corrected chi connectivity index (χ4v) is 0.996. The van der Waals surface area contributed by atoms with Crippen LogP contribution in [-0.2, 0) is 0 Å². The summed E-state index contributed by atoms with van der Waals surface area (Å²) in [6.45, 7) is 1.73. The molecule has 4 nitrogen and oxygen atoms in total. The van der Waals surface area contributed by atoms with E-state index < -0.39 is 0 Å². The summed E-state index contributed by atoms with van der Waals surface area (Å²) in [5.41, 5.74) is 2.99. The highest BCUT2D eigenvalue weighted by molar-refractivity contribution is 5.73. The Balaban J connectivity index is 2.31. The van der Waals surface area contributed by atoms with Crippen LogP contribution in [0.1, 0.15) is 12.8 Å². The van der Waals surface area contributed by atoms with Gasteiger partial charge >= 0.3 is 6.03 Å². The van der Waals surface area contributed by atoms with Gasteiger partial charge in [0.25, 0.3) is 0 Å². The van der Waals surface area contributed by atoms with E-state index in [9.17, 15) is 4.79 Å². The topological polar surface area (TPSA) is 44.4 Å². The van der Waals surface area contributed by atoms with Crippen LogP contribution in [0.4, 0.5) is 4.79 Å². The molecule has 0 bridgehead atoms. The van der Waals surface area contributed by atoms with E-state index >= 15 is 0 Å². The third kappa shape index (κ3) is 1.60. The van der Waals surface area contributed by atoms with Crippen molar-refractivity contribution in [1.82, 2.24) is 15.8 Å². The van der Waals surface area contributed by atoms with Crippen LogP contribution >= 0.6 is 0 Å². The van der Waals surface area contributed by atoms with E-state index in [4.69, 9.17) is 0 Å². The van der Waals surface area contributed by atoms with Gasteiger partial charge in [0.2, 0.25) is 0 Å². The summed E-state index contributed by atoms with van der Waals surface area (Å²) in [6.07, 6.45) is 2.26. The molecule has 58 valence electrons. The third-order valence-corrected chi connectivity index (χ3v) is 1.57. The lowest BCUT2D eigenvalue weighted by molar-refractivity contribution is 0.156. The van der Waals surface area contributed by atoms with Crippen LogP contribution in [0.3, 0.4) is 0 Å². The van der Waals surface area contributed by atoms with Crippen LogP contribution < -0.4 is 10.7 Å². The van der Waals surface area contributed by atoms with Gasteiger partial charge in [-0.25, -0.2) is 10.2 Å². The second-order valence-electron chi connectivity index (χ2n) is 2.32. The van der Waals surface area contributed by atoms with Crippen molar-refractivity contribution >= 4 is 6.03 Å². The Morgan fingerprint density at radius 3 is 2.90 bits per heavy atom. The van der Waals surface area contributed by atoms with Crippen LogP contribution in [0.2, 0.25) is 0 Å². The zero-order chi connectivity index (χ0) is 7.40. The maximum Gasteiger partial charge on any atom is 0.331 e. The minimum atomic E-state index is -0.0419. The molecule has 2 N–H and O–H groups in total. The monoisotopic (exact) mass is 143 g/mol. The van der Waals surface area contributed by atoms with Crippen LogP contribution in [0.5, 0.6) is 0 Å². The maximum atomic E-state index is 10.9. The standard InChI is InChI=1S/C6H13N3O/c1-7-6(10)9-5-3-2-4-8-9/h8H,2-5H2,1H3,(H,7,10). The van der Waals surface area contributed by atoms with Crippen molar-refractivity contribution in [2.75, 3.05) is 20.1 Å². The normalized spacial score (nSPS) is 18.7. The number of amides is 2. The van der Waals surface area contributed by atoms with Crippen molar-refractivity contribution in [2.45, 2.75) is 12.8 Å². The molecule has 1 aliphatic rings. The summed E-state index contributed by atoms with van der Waals surface area (Å²) in [7, 11) is 1.64. The molecule has 0 unspecified atom stereocenters. The summed E-state index contributed by atoms with van der Waals surface area (Å²) in [5.74, 6) is 0. The number of urea groups is 1. The van der Waals surface area contributed by atoms with Gasteiger partial charge in [-0.05, 0) is 12.8 Å². The van der Waals surface area contributed by atoms with Gasteiger partial charge in [0, 0.05) is 20.1 Å². The van der Waals surface area contributed by atoms with Gasteiger partial charge in [0.1, 0.15) is 0 Å². The Bertz CT molecular complexity index is 120. The Morgan fingerprint density at radius 2 is 2.40 bits per heavy atom. The first-order chi connectivity index (χ1) is 4.84. The Kier molecular flexibility index (Phi) is 2.50. The van der Waals surface area contributed by atoms with E-state index in [0.29, 0.717) is 0 Å². The molecule has 1 fully saturated rings. The highest BCUT2D eigenvalue weighted by atomic mass is 16.2. The number of hydrazine groups is 1. The SMILES string of the molecule is CNC(=O)N1CCCCN1. The molecule has 0 aromatic heterocycles. The first-order valence-electron chi connectivity index (χ1n) is 3.57. The van der Waals surface area contributed by atoms with E-state index in [1.165, 1.54) is 0 Å². The highest BCUT2D eigenvalue weighted by Crippen LogP contribution is 1.98. The maximum absolute atomic E-state index is 10.9. The summed E-state index contributed by atoms with van der Waals surface area (Å²) in [6, 6.07) is -0.0419. The van der Waals surface area contributed by atoms with Crippen molar-refractivity contribution in [3.63, 3.8) is 0 Å². The smallest absolute Gasteiger partial charge is 0.331 e. The molecule has 1 rings (SSSR count). The van der Waals surface area contributed by atoms with Gasteiger partial charge in [-0.15, -0.1) is 0 Å². The van der Waals surface area contributed by atoms with E-state index in [1.54, 1.807) is 12.1 Å². The predicted molar refractivity (Wildman–Crippen MR) is 38.4 cm³/mol. The van der Waals surface area contributed by atoms with Gasteiger partial charge in [-0.1, -0.05) is 0 Å². The fraction of sp³-hybridized carbons (Fsp3) is 0.833. The number of nitrogens with one attached hydrogen (secondary N) is 2. The first-order valence-corrected chi connectivity index (χ1v) is 3.57. The Morgan fingerprint density at radius 1 is 1.60 bits per heavy atom. The molecule has 0 radical (unpaired) electrons. The van der Waals surface area contributed by atoms with Crippen molar-refractivity contribution in [2.24, 2.45) is 0 Å². The zero-order valence-electron chi connectivity index (χ0n) is 6.18. The number of hydrogen-bond donors (Lipinski definition) is 2. The van der Waals surface area contributed by atoms with E-state index in [-0.39, 0.29) is 6.03 Å². The van der Waals surface area contributed by atoms with Gasteiger partial charge in [-0.3, -0.25) is 5.01 Å². The first kappa shape index (κ1) is 7.34. The van der Waals surface area contributed by atoms with Gasteiger partial charge in [0.15, 0.2) is 0 Å². The average molecular weight is 143 g/mol. The second-order valence-corrected chi connectivity index (χ2v) is 2.32. The number of nitrogens with zero attached hydrogens (tertiary/aromatic N) is 1. The molecular formula is C6H13N3O. The Labute approximate surface area is 60.5 Å². The molecule has 4 heteroatoms. The predicted octanol–water partition coefficient (Wildman–Crippen LogP) is -0.0738. The number of hydrogen-bond acceptors (Lipinski definition) is 2. The van der Waals surface area contributed by atoms with Crippen LogP contribution in [0.15, 0.2) is 0 Å². The average Bonchev–Trinajstić information content (AvgIpc) is 2.05. The molecule has 0 saturated carbocycles. The number of carbonyl (C=O) groups is 1. The summed E-state index contributed by atoms with van der Waals surface area (Å²) in [5, 5.41) is 4.17. The minimum Gasteiger partial charge on any atom is -0.340 e. The molecule has 0 spiro atoms. The molecule has 0 aliphatic carbocycles. The summed E-state index contributed by atoms with van der Waals surface area (Å²) >= 11 is 0. The molecule has 10 heavy (non-hydrogen) atoms. The number of carbonyl (C=O) groups excluding carboxylic acids is 1. The van der Waals surface area contributed by atoms with Crippen LogP contribution in [0.25, 0.3) is 0 Å². The Hall–Kier alpha value is -0.770. The third-order valence-electron chi connectivity index (χ3n) is 1.57. The van der Waals surface area contributed by atoms with Crippen molar-refractivity contribution in [1.29, 1.82) is 0 Å². The van der Waals surface area contributed by atoms with Crippen molar-refractivity contribution in [3.05, 3.63) is 0 Å². The lowest BCUT2D eigenvalue weighted by Crippen LogP contribution is -2.50. The number of rotatable bonds is 0. The van der Waals surface area contributed by atoms with Crippen LogP contribution in [-0.4, -0.2) is 31.2 Å².